The zero-order valence-electron chi connectivity index (χ0n) is 15.3. The highest BCUT2D eigenvalue weighted by atomic mass is 32.2. The van der Waals surface area contributed by atoms with Crippen LogP contribution in [0.15, 0.2) is 41.3 Å². The molecule has 0 aliphatic carbocycles. The minimum absolute atomic E-state index is 0.0626. The molecule has 2 aromatic carbocycles. The predicted molar refractivity (Wildman–Crippen MR) is 98.3 cm³/mol. The summed E-state index contributed by atoms with van der Waals surface area (Å²) < 4.78 is 40.9. The number of sulfone groups is 1. The van der Waals surface area contributed by atoms with E-state index in [4.69, 9.17) is 14.2 Å². The molecule has 0 aliphatic rings. The number of hydrogen-bond acceptors (Lipinski definition) is 6. The zero-order chi connectivity index (χ0) is 19.5. The Morgan fingerprint density at radius 3 is 1.85 bits per heavy atom. The van der Waals surface area contributed by atoms with Crippen molar-refractivity contribution in [2.45, 2.75) is 11.8 Å². The Morgan fingerprint density at radius 2 is 1.42 bits per heavy atom. The van der Waals surface area contributed by atoms with E-state index in [2.05, 4.69) is 0 Å². The Bertz CT molecular complexity index is 881. The van der Waals surface area contributed by atoms with Crippen LogP contribution in [0.25, 0.3) is 0 Å². The molecule has 1 amide bonds. The molecule has 0 N–H and O–H groups in total. The number of ether oxygens (including phenoxy) is 3. The second kappa shape index (κ2) is 7.65. The number of carbonyl (C=O) groups is 1. The summed E-state index contributed by atoms with van der Waals surface area (Å²) in [5.74, 6) is 0.976. The fraction of sp³-hybridized carbons (Fsp3) is 0.278. The number of anilines is 1. The first-order chi connectivity index (χ1) is 12.3. The van der Waals surface area contributed by atoms with Gasteiger partial charge in [0.2, 0.25) is 5.75 Å². The molecule has 0 atom stereocenters. The number of carbonyl (C=O) groups excluding carboxylic acids is 1. The van der Waals surface area contributed by atoms with Crippen LogP contribution in [0.5, 0.6) is 17.2 Å². The minimum Gasteiger partial charge on any atom is -0.493 e. The Kier molecular flexibility index (Phi) is 5.76. The van der Waals surface area contributed by atoms with Gasteiger partial charge in [-0.25, -0.2) is 8.42 Å². The van der Waals surface area contributed by atoms with Crippen molar-refractivity contribution in [1.29, 1.82) is 0 Å². The van der Waals surface area contributed by atoms with E-state index in [0.29, 0.717) is 22.9 Å². The highest BCUT2D eigenvalue weighted by molar-refractivity contribution is 8.06. The number of nitrogens with zero attached hydrogens (tertiary/aromatic N) is 1. The molecule has 0 radical (unpaired) electrons. The van der Waals surface area contributed by atoms with Gasteiger partial charge in [-0.2, -0.15) is 0 Å². The van der Waals surface area contributed by atoms with Crippen molar-refractivity contribution in [3.05, 3.63) is 42.0 Å². The molecule has 2 rings (SSSR count). The van der Waals surface area contributed by atoms with E-state index in [0.717, 1.165) is 10.5 Å². The van der Waals surface area contributed by atoms with E-state index < -0.39 is 15.1 Å². The van der Waals surface area contributed by atoms with E-state index >= 15 is 0 Å². The molecule has 0 aromatic heterocycles. The van der Waals surface area contributed by atoms with E-state index in [9.17, 15) is 13.2 Å². The van der Waals surface area contributed by atoms with Gasteiger partial charge in [0.05, 0.1) is 31.9 Å². The summed E-state index contributed by atoms with van der Waals surface area (Å²) >= 11 is 0. The normalized spacial score (nSPS) is 11.0. The fourth-order valence-electron chi connectivity index (χ4n) is 2.36. The van der Waals surface area contributed by atoms with Crippen molar-refractivity contribution in [2.75, 3.05) is 33.3 Å². The van der Waals surface area contributed by atoms with Gasteiger partial charge in [-0.3, -0.25) is 4.79 Å². The molecular formula is C18H21NO6S. The van der Waals surface area contributed by atoms with Crippen molar-refractivity contribution in [2.24, 2.45) is 0 Å². The van der Waals surface area contributed by atoms with Gasteiger partial charge in [0.25, 0.3) is 9.84 Å². The largest absolute Gasteiger partial charge is 0.493 e. The number of rotatable bonds is 5. The fourth-order valence-corrected chi connectivity index (χ4v) is 3.53. The van der Waals surface area contributed by atoms with Gasteiger partial charge in [0.15, 0.2) is 11.5 Å². The van der Waals surface area contributed by atoms with Crippen LogP contribution in [0.2, 0.25) is 0 Å². The third-order valence-corrected chi connectivity index (χ3v) is 5.50. The van der Waals surface area contributed by atoms with E-state index in [-0.39, 0.29) is 4.90 Å². The average molecular weight is 379 g/mol. The number of amides is 1. The molecule has 0 fully saturated rings. The van der Waals surface area contributed by atoms with Crippen molar-refractivity contribution >= 4 is 20.8 Å². The van der Waals surface area contributed by atoms with Crippen molar-refractivity contribution in [3.63, 3.8) is 0 Å². The van der Waals surface area contributed by atoms with Gasteiger partial charge in [0.1, 0.15) is 0 Å². The van der Waals surface area contributed by atoms with Gasteiger partial charge in [-0.1, -0.05) is 17.7 Å². The molecular weight excluding hydrogens is 358 g/mol. The third-order valence-electron chi connectivity index (χ3n) is 3.87. The monoisotopic (exact) mass is 379 g/mol. The van der Waals surface area contributed by atoms with E-state index in [1.807, 2.05) is 6.92 Å². The lowest BCUT2D eigenvalue weighted by Gasteiger charge is -2.20. The lowest BCUT2D eigenvalue weighted by molar-refractivity contribution is 0.264. The van der Waals surface area contributed by atoms with Crippen molar-refractivity contribution < 1.29 is 27.4 Å². The first-order valence-corrected chi connectivity index (χ1v) is 9.14. The Morgan fingerprint density at radius 1 is 0.923 bits per heavy atom. The van der Waals surface area contributed by atoms with Gasteiger partial charge in [-0.15, -0.1) is 0 Å². The lowest BCUT2D eigenvalue weighted by Crippen LogP contribution is -2.32. The average Bonchev–Trinajstić information content (AvgIpc) is 2.65. The standard InChI is InChI=1S/C18H21NO6S/c1-12-6-8-14(9-7-12)26(21,22)18(20)19(2)13-10-15(23-3)17(25-5)16(11-13)24-4/h6-11H,1-5H3. The number of methoxy groups -OCH3 is 3. The number of hydrogen-bond donors (Lipinski definition) is 0. The first kappa shape index (κ1) is 19.6. The molecule has 0 aliphatic heterocycles. The van der Waals surface area contributed by atoms with E-state index in [1.165, 1.54) is 52.6 Å². The Hall–Kier alpha value is -2.74. The molecule has 26 heavy (non-hydrogen) atoms. The molecule has 0 heterocycles. The maximum Gasteiger partial charge on any atom is 0.347 e. The quantitative estimate of drug-likeness (QED) is 0.794. The maximum absolute atomic E-state index is 12.6. The van der Waals surface area contributed by atoms with Crippen molar-refractivity contribution in [1.82, 2.24) is 0 Å². The van der Waals surface area contributed by atoms with Gasteiger partial charge in [0, 0.05) is 19.2 Å². The molecule has 0 bridgehead atoms. The predicted octanol–water partition coefficient (Wildman–Crippen LogP) is 3.05. The molecule has 7 nitrogen and oxygen atoms in total. The van der Waals surface area contributed by atoms with Crippen LogP contribution in [0.1, 0.15) is 5.56 Å². The molecule has 0 saturated carbocycles. The summed E-state index contributed by atoms with van der Waals surface area (Å²) in [5, 5.41) is -1.06. The lowest BCUT2D eigenvalue weighted by atomic mass is 10.2. The van der Waals surface area contributed by atoms with Crippen LogP contribution in [0.3, 0.4) is 0 Å². The summed E-state index contributed by atoms with van der Waals surface area (Å²) in [4.78, 5) is 13.6. The molecule has 140 valence electrons. The van der Waals surface area contributed by atoms with Gasteiger partial charge in [-0.05, 0) is 19.1 Å². The van der Waals surface area contributed by atoms with Crippen LogP contribution in [-0.2, 0) is 9.84 Å². The molecule has 8 heteroatoms. The summed E-state index contributed by atoms with van der Waals surface area (Å²) in [7, 11) is 1.51. The maximum atomic E-state index is 12.6. The Balaban J connectivity index is 2.46. The number of benzene rings is 2. The van der Waals surface area contributed by atoms with Gasteiger partial charge >= 0.3 is 5.24 Å². The summed E-state index contributed by atoms with van der Waals surface area (Å²) in [6.07, 6.45) is 0. The van der Waals surface area contributed by atoms with Crippen LogP contribution in [0, 0.1) is 6.92 Å². The minimum atomic E-state index is -4.18. The van der Waals surface area contributed by atoms with Crippen LogP contribution >= 0.6 is 0 Å². The Labute approximate surface area is 153 Å². The summed E-state index contributed by atoms with van der Waals surface area (Å²) in [6.45, 7) is 1.83. The topological polar surface area (TPSA) is 82.1 Å². The summed E-state index contributed by atoms with van der Waals surface area (Å²) in [5.41, 5.74) is 1.19. The highest BCUT2D eigenvalue weighted by Crippen LogP contribution is 2.41. The number of aryl methyl sites for hydroxylation is 1. The molecule has 2 aromatic rings. The van der Waals surface area contributed by atoms with Crippen molar-refractivity contribution in [3.8, 4) is 17.2 Å². The van der Waals surface area contributed by atoms with Crippen LogP contribution < -0.4 is 19.1 Å². The molecule has 0 spiro atoms. The van der Waals surface area contributed by atoms with Crippen LogP contribution in [-0.4, -0.2) is 42.0 Å². The SMILES string of the molecule is COc1cc(N(C)C(=O)S(=O)(=O)c2ccc(C)cc2)cc(OC)c1OC. The third kappa shape index (κ3) is 3.60. The second-order valence-corrected chi connectivity index (χ2v) is 7.35. The zero-order valence-corrected chi connectivity index (χ0v) is 16.1. The molecule has 0 unspecified atom stereocenters. The van der Waals surface area contributed by atoms with Gasteiger partial charge < -0.3 is 19.1 Å². The van der Waals surface area contributed by atoms with Crippen LogP contribution in [0.4, 0.5) is 10.5 Å². The summed E-state index contributed by atoms with van der Waals surface area (Å²) in [6, 6.07) is 9.10. The second-order valence-electron chi connectivity index (χ2n) is 5.52. The molecule has 0 saturated heterocycles. The smallest absolute Gasteiger partial charge is 0.347 e. The van der Waals surface area contributed by atoms with E-state index in [1.54, 1.807) is 12.1 Å². The first-order valence-electron chi connectivity index (χ1n) is 7.65. The highest BCUT2D eigenvalue weighted by Gasteiger charge is 2.30.